The zero-order valence-electron chi connectivity index (χ0n) is 12.9. The molecule has 1 aromatic heterocycles. The van der Waals surface area contributed by atoms with Gasteiger partial charge in [0.1, 0.15) is 0 Å². The Kier molecular flexibility index (Phi) is 5.98. The fourth-order valence-electron chi connectivity index (χ4n) is 2.22. The van der Waals surface area contributed by atoms with Crippen molar-refractivity contribution in [1.29, 1.82) is 0 Å². The third kappa shape index (κ3) is 4.22. The molecule has 0 spiro atoms. The van der Waals surface area contributed by atoms with Crippen LogP contribution in [0.4, 0.5) is 4.79 Å². The highest BCUT2D eigenvalue weighted by Crippen LogP contribution is 2.27. The lowest BCUT2D eigenvalue weighted by Crippen LogP contribution is -2.26. The molecule has 0 saturated heterocycles. The Bertz CT molecular complexity index is 758. The van der Waals surface area contributed by atoms with E-state index in [9.17, 15) is 4.79 Å². The number of rotatable bonds is 4. The summed E-state index contributed by atoms with van der Waals surface area (Å²) >= 11 is 13.3. The van der Waals surface area contributed by atoms with E-state index in [0.29, 0.717) is 10.0 Å². The molecule has 0 radical (unpaired) electrons. The highest BCUT2D eigenvalue weighted by Gasteiger charge is 2.10. The first kappa shape index (κ1) is 17.7. The van der Waals surface area contributed by atoms with Crippen molar-refractivity contribution in [3.8, 4) is 5.69 Å². The van der Waals surface area contributed by atoms with Crippen molar-refractivity contribution >= 4 is 47.4 Å². The van der Waals surface area contributed by atoms with Crippen LogP contribution < -0.4 is 10.1 Å². The lowest BCUT2D eigenvalue weighted by Gasteiger charge is -2.10. The average Bonchev–Trinajstić information content (AvgIpc) is 2.77. The van der Waals surface area contributed by atoms with E-state index in [-0.39, 0.29) is 6.03 Å². The van der Waals surface area contributed by atoms with Gasteiger partial charge in [0.05, 0.1) is 16.3 Å². The fourth-order valence-corrected chi connectivity index (χ4v) is 2.74. The van der Waals surface area contributed by atoms with Crippen LogP contribution in [0.1, 0.15) is 17.0 Å². The van der Waals surface area contributed by atoms with Crippen LogP contribution in [0.3, 0.4) is 0 Å². The smallest absolute Gasteiger partial charge is 0.318 e. The number of nitrogens with one attached hydrogen (secondary N) is 2. The number of halogens is 2. The van der Waals surface area contributed by atoms with Crippen molar-refractivity contribution in [1.82, 2.24) is 14.7 Å². The van der Waals surface area contributed by atoms with E-state index in [1.165, 1.54) is 11.9 Å². The lowest BCUT2D eigenvalue weighted by molar-refractivity contribution is 0.247. The van der Waals surface area contributed by atoms with Crippen LogP contribution in [0.5, 0.6) is 0 Å². The second-order valence-electron chi connectivity index (χ2n) is 4.77. The Hall–Kier alpha value is -1.63. The zero-order chi connectivity index (χ0) is 17.0. The van der Waals surface area contributed by atoms with Gasteiger partial charge in [0, 0.05) is 28.9 Å². The molecule has 2 rings (SSSR count). The molecule has 0 fully saturated rings. The molecule has 1 heterocycles. The van der Waals surface area contributed by atoms with Gasteiger partial charge in [-0.15, -0.1) is 0 Å². The SMILES string of the molecule is CSNC(=O)N/N=C/c1cc(C)n(-c2ccc(Cl)c(Cl)c2)c1C. The summed E-state index contributed by atoms with van der Waals surface area (Å²) in [7, 11) is 0. The van der Waals surface area contributed by atoms with Crippen molar-refractivity contribution in [2.24, 2.45) is 5.10 Å². The van der Waals surface area contributed by atoms with Crippen LogP contribution in [0.2, 0.25) is 10.0 Å². The van der Waals surface area contributed by atoms with Crippen LogP contribution in [0.25, 0.3) is 5.69 Å². The first-order valence-electron chi connectivity index (χ1n) is 6.70. The summed E-state index contributed by atoms with van der Waals surface area (Å²) in [5.41, 5.74) is 6.22. The van der Waals surface area contributed by atoms with E-state index in [1.807, 2.05) is 36.6 Å². The normalized spacial score (nSPS) is 11.0. The number of nitrogens with zero attached hydrogens (tertiary/aromatic N) is 2. The number of hydrogen-bond donors (Lipinski definition) is 2. The maximum Gasteiger partial charge on any atom is 0.345 e. The predicted octanol–water partition coefficient (Wildman–Crippen LogP) is 4.31. The molecule has 122 valence electrons. The number of aromatic nitrogens is 1. The van der Waals surface area contributed by atoms with Gasteiger partial charge in [-0.2, -0.15) is 5.10 Å². The van der Waals surface area contributed by atoms with Crippen LogP contribution in [-0.2, 0) is 0 Å². The molecule has 2 aromatic rings. The summed E-state index contributed by atoms with van der Waals surface area (Å²) in [6.45, 7) is 3.96. The molecule has 0 aliphatic carbocycles. The first-order valence-corrected chi connectivity index (χ1v) is 8.68. The van der Waals surface area contributed by atoms with Gasteiger partial charge >= 0.3 is 6.03 Å². The molecule has 2 amide bonds. The molecule has 0 aliphatic heterocycles. The molecule has 0 saturated carbocycles. The van der Waals surface area contributed by atoms with Gasteiger partial charge in [-0.3, -0.25) is 4.72 Å². The molecule has 8 heteroatoms. The van der Waals surface area contributed by atoms with E-state index in [4.69, 9.17) is 23.2 Å². The van der Waals surface area contributed by atoms with Crippen molar-refractivity contribution in [2.75, 3.05) is 6.26 Å². The van der Waals surface area contributed by atoms with Crippen LogP contribution >= 0.6 is 35.1 Å². The topological polar surface area (TPSA) is 58.4 Å². The van der Waals surface area contributed by atoms with Crippen molar-refractivity contribution in [2.45, 2.75) is 13.8 Å². The number of urea groups is 1. The second-order valence-corrected chi connectivity index (χ2v) is 6.19. The van der Waals surface area contributed by atoms with Gasteiger partial charge in [0.2, 0.25) is 0 Å². The number of hydrogen-bond acceptors (Lipinski definition) is 3. The second kappa shape index (κ2) is 7.77. The highest BCUT2D eigenvalue weighted by atomic mass is 35.5. The molecule has 1 aromatic carbocycles. The Balaban J connectivity index is 2.27. The predicted molar refractivity (Wildman–Crippen MR) is 98.0 cm³/mol. The minimum atomic E-state index is -0.368. The van der Waals surface area contributed by atoms with Gasteiger partial charge in [-0.05, 0) is 38.1 Å². The van der Waals surface area contributed by atoms with Crippen molar-refractivity contribution in [3.05, 3.63) is 51.3 Å². The fraction of sp³-hybridized carbons (Fsp3) is 0.200. The van der Waals surface area contributed by atoms with E-state index in [0.717, 1.165) is 22.6 Å². The summed E-state index contributed by atoms with van der Waals surface area (Å²) in [6.07, 6.45) is 3.37. The molecular formula is C15H16Cl2N4OS. The number of aryl methyl sites for hydroxylation is 1. The Morgan fingerprint density at radius 1 is 1.26 bits per heavy atom. The quantitative estimate of drug-likeness (QED) is 0.478. The van der Waals surface area contributed by atoms with E-state index in [1.54, 1.807) is 18.5 Å². The maximum atomic E-state index is 11.3. The Morgan fingerprint density at radius 3 is 2.65 bits per heavy atom. The summed E-state index contributed by atoms with van der Waals surface area (Å²) in [6, 6.07) is 7.09. The summed E-state index contributed by atoms with van der Waals surface area (Å²) in [5, 5.41) is 4.96. The number of hydrazone groups is 1. The third-order valence-corrected chi connectivity index (χ3v) is 4.32. The molecule has 0 atom stereocenters. The Labute approximate surface area is 149 Å². The summed E-state index contributed by atoms with van der Waals surface area (Å²) < 4.78 is 4.57. The first-order chi connectivity index (χ1) is 10.9. The van der Waals surface area contributed by atoms with Crippen LogP contribution in [0.15, 0.2) is 29.4 Å². The number of carbonyl (C=O) groups excluding carboxylic acids is 1. The molecular weight excluding hydrogens is 355 g/mol. The maximum absolute atomic E-state index is 11.3. The minimum absolute atomic E-state index is 0.368. The monoisotopic (exact) mass is 370 g/mol. The summed E-state index contributed by atoms with van der Waals surface area (Å²) in [5.74, 6) is 0. The molecule has 0 bridgehead atoms. The molecule has 5 nitrogen and oxygen atoms in total. The zero-order valence-corrected chi connectivity index (χ0v) is 15.2. The van der Waals surface area contributed by atoms with Crippen LogP contribution in [-0.4, -0.2) is 23.1 Å². The lowest BCUT2D eigenvalue weighted by atomic mass is 10.2. The average molecular weight is 371 g/mol. The highest BCUT2D eigenvalue weighted by molar-refractivity contribution is 7.97. The van der Waals surface area contributed by atoms with E-state index >= 15 is 0 Å². The number of carbonyl (C=O) groups is 1. The standard InChI is InChI=1S/C15H16Cl2N4OS/c1-9-6-11(8-18-19-15(22)20-23-3)10(2)21(9)12-4-5-13(16)14(17)7-12/h4-8H,1-3H3,(H2,19,20,22)/b18-8+. The van der Waals surface area contributed by atoms with E-state index in [2.05, 4.69) is 15.2 Å². The minimum Gasteiger partial charge on any atom is -0.318 e. The van der Waals surface area contributed by atoms with E-state index < -0.39 is 0 Å². The molecule has 0 aliphatic rings. The number of amides is 2. The van der Waals surface area contributed by atoms with Gasteiger partial charge in [-0.25, -0.2) is 10.2 Å². The third-order valence-electron chi connectivity index (χ3n) is 3.20. The van der Waals surface area contributed by atoms with Crippen molar-refractivity contribution < 1.29 is 4.79 Å². The summed E-state index contributed by atoms with van der Waals surface area (Å²) in [4.78, 5) is 11.3. The largest absolute Gasteiger partial charge is 0.345 e. The van der Waals surface area contributed by atoms with Gasteiger partial charge in [-0.1, -0.05) is 35.1 Å². The van der Waals surface area contributed by atoms with Gasteiger partial charge in [0.15, 0.2) is 0 Å². The van der Waals surface area contributed by atoms with Gasteiger partial charge < -0.3 is 4.57 Å². The molecule has 0 unspecified atom stereocenters. The Morgan fingerprint density at radius 2 is 2.00 bits per heavy atom. The number of benzene rings is 1. The van der Waals surface area contributed by atoms with Crippen molar-refractivity contribution in [3.63, 3.8) is 0 Å². The molecule has 23 heavy (non-hydrogen) atoms. The van der Waals surface area contributed by atoms with Gasteiger partial charge in [0.25, 0.3) is 0 Å². The van der Waals surface area contributed by atoms with Crippen LogP contribution in [0, 0.1) is 13.8 Å². The molecule has 2 N–H and O–H groups in total.